The summed E-state index contributed by atoms with van der Waals surface area (Å²) in [5.74, 6) is 0. The molecule has 0 aliphatic rings. The Hall–Kier alpha value is -0.900. The van der Waals surface area contributed by atoms with Crippen molar-refractivity contribution in [1.29, 1.82) is 0 Å². The Morgan fingerprint density at radius 1 is 0.679 bits per heavy atom. The lowest BCUT2D eigenvalue weighted by molar-refractivity contribution is -1.02. The van der Waals surface area contributed by atoms with Crippen LogP contribution in [0.1, 0.15) is 103 Å². The molecule has 3 nitrogen and oxygen atoms in total. The van der Waals surface area contributed by atoms with Crippen molar-refractivity contribution in [3.8, 4) is 0 Å². The highest BCUT2D eigenvalue weighted by molar-refractivity contribution is 5.13. The number of aliphatic hydroxyl groups is 2. The Balaban J connectivity index is 2.53. The van der Waals surface area contributed by atoms with Crippen LogP contribution in [0.3, 0.4) is 0 Å². The Labute approximate surface area is 174 Å². The Morgan fingerprint density at radius 2 is 1.14 bits per heavy atom. The molecule has 2 N–H and O–H groups in total. The van der Waals surface area contributed by atoms with Crippen LogP contribution in [-0.2, 0) is 6.54 Å². The van der Waals surface area contributed by atoms with E-state index in [4.69, 9.17) is 0 Å². The van der Waals surface area contributed by atoms with Crippen LogP contribution in [0.25, 0.3) is 0 Å². The van der Waals surface area contributed by atoms with Crippen molar-refractivity contribution >= 4 is 0 Å². The van der Waals surface area contributed by atoms with Gasteiger partial charge in [0, 0.05) is 18.4 Å². The van der Waals surface area contributed by atoms with Gasteiger partial charge in [-0.25, -0.2) is 0 Å². The number of nitrogens with zero attached hydrogens (tertiary/aromatic N) is 1. The van der Waals surface area contributed by atoms with Gasteiger partial charge in [-0.05, 0) is 12.8 Å². The number of benzene rings is 1. The average Bonchev–Trinajstić information content (AvgIpc) is 2.73. The van der Waals surface area contributed by atoms with E-state index < -0.39 is 12.5 Å². The maximum Gasteiger partial charge on any atom is 0.192 e. The first-order valence-corrected chi connectivity index (χ1v) is 11.9. The third kappa shape index (κ3) is 8.63. The predicted molar refractivity (Wildman–Crippen MR) is 120 cm³/mol. The second kappa shape index (κ2) is 15.0. The van der Waals surface area contributed by atoms with Crippen LogP contribution in [0.5, 0.6) is 0 Å². The summed E-state index contributed by atoms with van der Waals surface area (Å²) in [6.45, 7) is 7.84. The Kier molecular flexibility index (Phi) is 13.5. The van der Waals surface area contributed by atoms with Gasteiger partial charge in [0.25, 0.3) is 0 Å². The quantitative estimate of drug-likeness (QED) is 0.183. The van der Waals surface area contributed by atoms with Gasteiger partial charge in [0.1, 0.15) is 6.54 Å². The molecule has 1 rings (SSSR count). The van der Waals surface area contributed by atoms with Crippen LogP contribution < -0.4 is 0 Å². The zero-order chi connectivity index (χ0) is 20.7. The van der Waals surface area contributed by atoms with E-state index in [2.05, 4.69) is 19.1 Å². The molecule has 162 valence electrons. The van der Waals surface area contributed by atoms with Gasteiger partial charge in [0.2, 0.25) is 0 Å². The van der Waals surface area contributed by atoms with E-state index in [0.29, 0.717) is 23.9 Å². The molecule has 0 aromatic heterocycles. The fraction of sp³-hybridized carbons (Fsp3) is 0.760. The minimum atomic E-state index is -0.520. The number of rotatable bonds is 17. The Morgan fingerprint density at radius 3 is 1.61 bits per heavy atom. The van der Waals surface area contributed by atoms with Gasteiger partial charge < -0.3 is 10.2 Å². The topological polar surface area (TPSA) is 40.5 Å². The van der Waals surface area contributed by atoms with E-state index in [1.54, 1.807) is 0 Å². The zero-order valence-corrected chi connectivity index (χ0v) is 18.8. The van der Waals surface area contributed by atoms with Crippen molar-refractivity contribution in [2.45, 2.75) is 117 Å². The van der Waals surface area contributed by atoms with Crippen LogP contribution in [0.4, 0.5) is 0 Å². The second-order valence-electron chi connectivity index (χ2n) is 8.43. The van der Waals surface area contributed by atoms with E-state index in [1.807, 2.05) is 32.0 Å². The van der Waals surface area contributed by atoms with Crippen LogP contribution in [0, 0.1) is 0 Å². The summed E-state index contributed by atoms with van der Waals surface area (Å²) in [4.78, 5) is 0. The molecule has 0 aliphatic heterocycles. The molecule has 1 aromatic carbocycles. The van der Waals surface area contributed by atoms with Gasteiger partial charge in [-0.15, -0.1) is 0 Å². The predicted octanol–water partition coefficient (Wildman–Crippen LogP) is 6.38. The monoisotopic (exact) mass is 392 g/mol. The summed E-state index contributed by atoms with van der Waals surface area (Å²) >= 11 is 0. The minimum Gasteiger partial charge on any atom is -0.345 e. The zero-order valence-electron chi connectivity index (χ0n) is 18.8. The molecule has 0 aliphatic carbocycles. The highest BCUT2D eigenvalue weighted by atomic mass is 16.3. The normalized spacial score (nSPS) is 15.9. The van der Waals surface area contributed by atoms with Gasteiger partial charge in [-0.1, -0.05) is 102 Å². The van der Waals surface area contributed by atoms with Crippen molar-refractivity contribution in [2.24, 2.45) is 0 Å². The summed E-state index contributed by atoms with van der Waals surface area (Å²) < 4.78 is 0.383. The van der Waals surface area contributed by atoms with E-state index in [9.17, 15) is 10.2 Å². The lowest BCUT2D eigenvalue weighted by atomic mass is 10.0. The van der Waals surface area contributed by atoms with Crippen molar-refractivity contribution in [3.05, 3.63) is 35.9 Å². The third-order valence-corrected chi connectivity index (χ3v) is 6.17. The molecule has 0 saturated carbocycles. The standard InChI is InChI=1S/C25H46NO2/c1-4-7-8-9-10-11-12-13-14-18-21-26(24(27)5-2,25(28)6-3)22-23-19-16-15-17-20-23/h15-17,19-20,24-25,27-28H,4-14,18,21-22H2,1-3H3/q+1. The van der Waals surface area contributed by atoms with E-state index >= 15 is 0 Å². The lowest BCUT2D eigenvalue weighted by Crippen LogP contribution is -2.61. The van der Waals surface area contributed by atoms with E-state index in [-0.39, 0.29) is 0 Å². The van der Waals surface area contributed by atoms with Crippen molar-refractivity contribution in [3.63, 3.8) is 0 Å². The second-order valence-corrected chi connectivity index (χ2v) is 8.43. The third-order valence-electron chi connectivity index (χ3n) is 6.17. The molecule has 2 atom stereocenters. The molecule has 0 amide bonds. The number of quaternary nitrogens is 1. The fourth-order valence-electron chi connectivity index (χ4n) is 4.33. The average molecular weight is 393 g/mol. The van der Waals surface area contributed by atoms with Crippen LogP contribution in [0.15, 0.2) is 30.3 Å². The number of aliphatic hydroxyl groups excluding tert-OH is 2. The molecule has 28 heavy (non-hydrogen) atoms. The van der Waals surface area contributed by atoms with Crippen molar-refractivity contribution < 1.29 is 14.7 Å². The van der Waals surface area contributed by atoms with E-state index in [1.165, 1.54) is 63.4 Å². The molecule has 0 heterocycles. The molecule has 0 fully saturated rings. The minimum absolute atomic E-state index is 0.383. The first-order valence-electron chi connectivity index (χ1n) is 11.9. The maximum atomic E-state index is 10.9. The fourth-order valence-corrected chi connectivity index (χ4v) is 4.33. The number of hydrogen-bond donors (Lipinski definition) is 2. The van der Waals surface area contributed by atoms with Crippen LogP contribution >= 0.6 is 0 Å². The first-order chi connectivity index (χ1) is 13.6. The number of hydrogen-bond acceptors (Lipinski definition) is 2. The summed E-state index contributed by atoms with van der Waals surface area (Å²) in [5.41, 5.74) is 1.19. The SMILES string of the molecule is CCCCCCCCCCCC[N+](Cc1ccccc1)(C(O)CC)C(O)CC. The molecule has 0 spiro atoms. The van der Waals surface area contributed by atoms with Crippen LogP contribution in [-0.4, -0.2) is 33.7 Å². The summed E-state index contributed by atoms with van der Waals surface area (Å²) in [5, 5.41) is 21.8. The smallest absolute Gasteiger partial charge is 0.192 e. The van der Waals surface area contributed by atoms with Gasteiger partial charge in [0.05, 0.1) is 6.54 Å². The first kappa shape index (κ1) is 25.1. The number of unbranched alkanes of at least 4 members (excludes halogenated alkanes) is 9. The molecule has 3 heteroatoms. The van der Waals surface area contributed by atoms with Crippen molar-refractivity contribution in [1.82, 2.24) is 0 Å². The van der Waals surface area contributed by atoms with Crippen LogP contribution in [0.2, 0.25) is 0 Å². The molecule has 0 radical (unpaired) electrons. The van der Waals surface area contributed by atoms with Gasteiger partial charge in [0.15, 0.2) is 12.5 Å². The molecule has 1 aromatic rings. The molecule has 0 saturated heterocycles. The molecular weight excluding hydrogens is 346 g/mol. The van der Waals surface area contributed by atoms with E-state index in [0.717, 1.165) is 13.0 Å². The summed E-state index contributed by atoms with van der Waals surface area (Å²) in [7, 11) is 0. The maximum absolute atomic E-state index is 10.9. The highest BCUT2D eigenvalue weighted by Crippen LogP contribution is 2.27. The van der Waals surface area contributed by atoms with Gasteiger partial charge >= 0.3 is 0 Å². The molecular formula is C25H46NO2+. The summed E-state index contributed by atoms with van der Waals surface area (Å²) in [6, 6.07) is 10.3. The van der Waals surface area contributed by atoms with Crippen molar-refractivity contribution in [2.75, 3.05) is 6.54 Å². The highest BCUT2D eigenvalue weighted by Gasteiger charge is 2.40. The largest absolute Gasteiger partial charge is 0.345 e. The van der Waals surface area contributed by atoms with Gasteiger partial charge in [-0.2, -0.15) is 0 Å². The molecule has 2 unspecified atom stereocenters. The lowest BCUT2D eigenvalue weighted by Gasteiger charge is -2.45. The summed E-state index contributed by atoms with van der Waals surface area (Å²) in [6.07, 6.45) is 13.3. The Bertz CT molecular complexity index is 467. The van der Waals surface area contributed by atoms with Gasteiger partial charge in [-0.3, -0.25) is 4.48 Å². The molecule has 0 bridgehead atoms.